The number of nitrogens with two attached hydrogens (primary N) is 1. The van der Waals surface area contributed by atoms with Gasteiger partial charge in [0.15, 0.2) is 0 Å². The average Bonchev–Trinajstić information content (AvgIpc) is 2.80. The number of hydrazine groups is 1. The van der Waals surface area contributed by atoms with Crippen LogP contribution in [0.25, 0.3) is 0 Å². The Bertz CT molecular complexity index is 240. The third-order valence-electron chi connectivity index (χ3n) is 4.86. The van der Waals surface area contributed by atoms with Crippen LogP contribution in [0.4, 0.5) is 0 Å². The Balaban J connectivity index is 1.94. The van der Waals surface area contributed by atoms with Crippen LogP contribution in [0.15, 0.2) is 0 Å². The number of likely N-dealkylation sites (N-methyl/N-ethyl adjacent to an activating group) is 2. The maximum Gasteiger partial charge on any atom is 0.0386 e. The normalized spacial score (nSPS) is 30.5. The van der Waals surface area contributed by atoms with Gasteiger partial charge < -0.3 is 9.80 Å². The van der Waals surface area contributed by atoms with E-state index in [0.29, 0.717) is 12.1 Å². The molecule has 1 saturated carbocycles. The van der Waals surface area contributed by atoms with Crippen LogP contribution < -0.4 is 11.3 Å². The number of nitrogens with one attached hydrogen (secondary N) is 1. The van der Waals surface area contributed by atoms with Crippen LogP contribution in [0, 0.1) is 5.92 Å². The van der Waals surface area contributed by atoms with Gasteiger partial charge >= 0.3 is 0 Å². The Morgan fingerprint density at radius 3 is 2.56 bits per heavy atom. The second-order valence-electron chi connectivity index (χ2n) is 6.32. The van der Waals surface area contributed by atoms with E-state index in [1.807, 2.05) is 0 Å². The second-order valence-corrected chi connectivity index (χ2v) is 6.32. The molecule has 18 heavy (non-hydrogen) atoms. The summed E-state index contributed by atoms with van der Waals surface area (Å²) in [6, 6.07) is 1.00. The van der Waals surface area contributed by atoms with Gasteiger partial charge in [-0.15, -0.1) is 0 Å². The molecule has 4 heteroatoms. The van der Waals surface area contributed by atoms with Crippen molar-refractivity contribution in [2.75, 3.05) is 33.7 Å². The van der Waals surface area contributed by atoms with Gasteiger partial charge in [-0.3, -0.25) is 11.3 Å². The lowest BCUT2D eigenvalue weighted by Gasteiger charge is -2.35. The third-order valence-corrected chi connectivity index (χ3v) is 4.86. The summed E-state index contributed by atoms with van der Waals surface area (Å²) in [5.74, 6) is 6.74. The van der Waals surface area contributed by atoms with Gasteiger partial charge in [0.2, 0.25) is 0 Å². The first-order chi connectivity index (χ1) is 8.70. The second kappa shape index (κ2) is 6.85. The minimum Gasteiger partial charge on any atom is -0.305 e. The largest absolute Gasteiger partial charge is 0.305 e. The van der Waals surface area contributed by atoms with Crippen LogP contribution in [0.5, 0.6) is 0 Å². The molecule has 106 valence electrons. The van der Waals surface area contributed by atoms with Crippen molar-refractivity contribution < 1.29 is 0 Å². The summed E-state index contributed by atoms with van der Waals surface area (Å²) in [7, 11) is 4.48. The molecule has 0 spiro atoms. The zero-order valence-corrected chi connectivity index (χ0v) is 12.1. The van der Waals surface area contributed by atoms with Gasteiger partial charge in [0.05, 0.1) is 0 Å². The van der Waals surface area contributed by atoms with Crippen molar-refractivity contribution in [1.82, 2.24) is 15.2 Å². The summed E-state index contributed by atoms with van der Waals surface area (Å²) in [5, 5.41) is 0. The van der Waals surface area contributed by atoms with Crippen molar-refractivity contribution in [3.63, 3.8) is 0 Å². The lowest BCUT2D eigenvalue weighted by Crippen LogP contribution is -2.54. The minimum atomic E-state index is 0.443. The van der Waals surface area contributed by atoms with Gasteiger partial charge in [-0.25, -0.2) is 0 Å². The van der Waals surface area contributed by atoms with Gasteiger partial charge in [0.25, 0.3) is 0 Å². The molecule has 2 unspecified atom stereocenters. The maximum absolute atomic E-state index is 5.85. The molecular weight excluding hydrogens is 224 g/mol. The molecule has 0 bridgehead atoms. The van der Waals surface area contributed by atoms with Gasteiger partial charge in [0.1, 0.15) is 0 Å². The molecule has 3 N–H and O–H groups in total. The fourth-order valence-electron chi connectivity index (χ4n) is 3.68. The maximum atomic E-state index is 5.85. The van der Waals surface area contributed by atoms with Crippen LogP contribution in [0.2, 0.25) is 0 Å². The molecular formula is C14H30N4. The van der Waals surface area contributed by atoms with Crippen LogP contribution in [0.1, 0.15) is 38.5 Å². The fraction of sp³-hybridized carbons (Fsp3) is 1.00. The van der Waals surface area contributed by atoms with Gasteiger partial charge in [-0.1, -0.05) is 25.7 Å². The lowest BCUT2D eigenvalue weighted by atomic mass is 9.93. The van der Waals surface area contributed by atoms with Crippen LogP contribution in [-0.2, 0) is 0 Å². The Hall–Kier alpha value is -0.160. The molecule has 1 heterocycles. The summed E-state index contributed by atoms with van der Waals surface area (Å²) < 4.78 is 0. The summed E-state index contributed by atoms with van der Waals surface area (Å²) >= 11 is 0. The summed E-state index contributed by atoms with van der Waals surface area (Å²) in [5.41, 5.74) is 3.11. The van der Waals surface area contributed by atoms with E-state index < -0.39 is 0 Å². The van der Waals surface area contributed by atoms with Crippen LogP contribution in [0.3, 0.4) is 0 Å². The van der Waals surface area contributed by atoms with Crippen LogP contribution in [-0.4, -0.2) is 55.6 Å². The average molecular weight is 254 g/mol. The number of hydrogen-bond donors (Lipinski definition) is 2. The molecule has 2 fully saturated rings. The number of hydrogen-bond acceptors (Lipinski definition) is 4. The number of rotatable bonds is 4. The van der Waals surface area contributed by atoms with Crippen molar-refractivity contribution in [3.8, 4) is 0 Å². The van der Waals surface area contributed by atoms with Crippen molar-refractivity contribution >= 4 is 0 Å². The molecule has 2 rings (SSSR count). The molecule has 2 atom stereocenters. The van der Waals surface area contributed by atoms with Gasteiger partial charge in [-0.2, -0.15) is 0 Å². The van der Waals surface area contributed by atoms with Gasteiger partial charge in [-0.05, 0) is 45.9 Å². The van der Waals surface area contributed by atoms with Gasteiger partial charge in [0, 0.05) is 18.6 Å². The molecule has 0 radical (unpaired) electrons. The summed E-state index contributed by atoms with van der Waals surface area (Å²) in [6.45, 7) is 3.54. The summed E-state index contributed by atoms with van der Waals surface area (Å²) in [6.07, 6.45) is 8.17. The van der Waals surface area contributed by atoms with E-state index in [1.54, 1.807) is 0 Å². The Morgan fingerprint density at radius 1 is 1.17 bits per heavy atom. The molecule has 1 aliphatic heterocycles. The molecule has 2 aliphatic rings. The zero-order valence-electron chi connectivity index (χ0n) is 12.1. The minimum absolute atomic E-state index is 0.443. The molecule has 0 aromatic carbocycles. The SMILES string of the molecule is CN1CCCN(C)C(C(CC2CCCC2)NN)C1. The van der Waals surface area contributed by atoms with Crippen molar-refractivity contribution in [3.05, 3.63) is 0 Å². The summed E-state index contributed by atoms with van der Waals surface area (Å²) in [4.78, 5) is 4.95. The third kappa shape index (κ3) is 3.67. The van der Waals surface area contributed by atoms with E-state index in [1.165, 1.54) is 51.6 Å². The van der Waals surface area contributed by atoms with E-state index in [2.05, 4.69) is 29.3 Å². The van der Waals surface area contributed by atoms with E-state index in [4.69, 9.17) is 5.84 Å². The molecule has 4 nitrogen and oxygen atoms in total. The molecule has 1 aliphatic carbocycles. The van der Waals surface area contributed by atoms with E-state index in [-0.39, 0.29) is 0 Å². The molecule has 0 amide bonds. The van der Waals surface area contributed by atoms with E-state index >= 15 is 0 Å². The highest BCUT2D eigenvalue weighted by molar-refractivity contribution is 4.88. The standard InChI is InChI=1S/C14H30N4/c1-17-8-5-9-18(2)14(11-17)13(16-15)10-12-6-3-4-7-12/h12-14,16H,3-11,15H2,1-2H3. The topological polar surface area (TPSA) is 44.5 Å². The Labute approximate surface area is 112 Å². The van der Waals surface area contributed by atoms with Crippen LogP contribution >= 0.6 is 0 Å². The van der Waals surface area contributed by atoms with E-state index in [9.17, 15) is 0 Å². The Morgan fingerprint density at radius 2 is 1.89 bits per heavy atom. The molecule has 1 saturated heterocycles. The van der Waals surface area contributed by atoms with E-state index in [0.717, 1.165) is 12.5 Å². The first kappa shape index (κ1) is 14.3. The lowest BCUT2D eigenvalue weighted by molar-refractivity contribution is 0.162. The smallest absolute Gasteiger partial charge is 0.0386 e. The quantitative estimate of drug-likeness (QED) is 0.581. The number of nitrogens with zero attached hydrogens (tertiary/aromatic N) is 2. The molecule has 0 aromatic heterocycles. The highest BCUT2D eigenvalue weighted by Crippen LogP contribution is 2.30. The monoisotopic (exact) mass is 254 g/mol. The first-order valence-corrected chi connectivity index (χ1v) is 7.55. The Kier molecular flexibility index (Phi) is 5.42. The zero-order chi connectivity index (χ0) is 13.0. The first-order valence-electron chi connectivity index (χ1n) is 7.55. The predicted octanol–water partition coefficient (Wildman–Crippen LogP) is 1.03. The predicted molar refractivity (Wildman–Crippen MR) is 76.2 cm³/mol. The highest BCUT2D eigenvalue weighted by atomic mass is 15.3. The highest BCUT2D eigenvalue weighted by Gasteiger charge is 2.30. The van der Waals surface area contributed by atoms with Crippen molar-refractivity contribution in [1.29, 1.82) is 0 Å². The van der Waals surface area contributed by atoms with Crippen molar-refractivity contribution in [2.45, 2.75) is 50.6 Å². The van der Waals surface area contributed by atoms with Crippen molar-refractivity contribution in [2.24, 2.45) is 11.8 Å². The molecule has 0 aromatic rings. The fourth-order valence-corrected chi connectivity index (χ4v) is 3.68.